The van der Waals surface area contributed by atoms with E-state index in [9.17, 15) is 4.79 Å². The number of carbonyl (C=O) groups excluding carboxylic acids is 1. The second kappa shape index (κ2) is 6.30. The molecular weight excluding hydrogens is 184 g/mol. The van der Waals surface area contributed by atoms with Crippen LogP contribution in [-0.4, -0.2) is 5.78 Å². The zero-order chi connectivity index (χ0) is 11.3. The van der Waals surface area contributed by atoms with Gasteiger partial charge in [0.25, 0.3) is 0 Å². The Kier molecular flexibility index (Phi) is 5.35. The van der Waals surface area contributed by atoms with E-state index < -0.39 is 0 Å². The molecule has 88 valence electrons. The van der Waals surface area contributed by atoms with Crippen LogP contribution in [0, 0.1) is 17.8 Å². The zero-order valence-corrected chi connectivity index (χ0v) is 10.6. The Morgan fingerprint density at radius 3 is 2.27 bits per heavy atom. The molecule has 1 saturated carbocycles. The highest BCUT2D eigenvalue weighted by Gasteiger charge is 2.22. The summed E-state index contributed by atoms with van der Waals surface area (Å²) in [6, 6.07) is 0. The van der Waals surface area contributed by atoms with Crippen molar-refractivity contribution in [1.29, 1.82) is 0 Å². The van der Waals surface area contributed by atoms with Crippen molar-refractivity contribution in [2.24, 2.45) is 17.8 Å². The Bertz CT molecular complexity index is 188. The maximum Gasteiger partial charge on any atom is 0.129 e. The van der Waals surface area contributed by atoms with Crippen molar-refractivity contribution in [2.45, 2.75) is 65.7 Å². The van der Waals surface area contributed by atoms with Crippen molar-refractivity contribution in [3.8, 4) is 0 Å². The van der Waals surface area contributed by atoms with Gasteiger partial charge < -0.3 is 4.79 Å². The average molecular weight is 210 g/mol. The number of hydrogen-bond acceptors (Lipinski definition) is 1. The van der Waals surface area contributed by atoms with Crippen LogP contribution in [-0.2, 0) is 4.79 Å². The maximum absolute atomic E-state index is 10.8. The lowest BCUT2D eigenvalue weighted by atomic mass is 9.75. The standard InChI is InChI=1S/C14H26O/c1-11(2)14-9-7-13(8-10-14)6-4-5-12(3)15/h11,13-14H,4-10H2,1-3H3. The summed E-state index contributed by atoms with van der Waals surface area (Å²) in [4.78, 5) is 10.8. The minimum atomic E-state index is 0.353. The molecule has 1 aliphatic rings. The van der Waals surface area contributed by atoms with Crippen LogP contribution in [0.4, 0.5) is 0 Å². The molecule has 0 aromatic heterocycles. The van der Waals surface area contributed by atoms with E-state index in [4.69, 9.17) is 0 Å². The Labute approximate surface area is 94.6 Å². The molecule has 0 aliphatic heterocycles. The lowest BCUT2D eigenvalue weighted by Crippen LogP contribution is -2.18. The molecule has 1 fully saturated rings. The third kappa shape index (κ3) is 4.81. The first-order valence-corrected chi connectivity index (χ1v) is 6.59. The Hall–Kier alpha value is -0.330. The molecule has 0 aromatic rings. The molecule has 1 heteroatoms. The molecule has 0 saturated heterocycles. The van der Waals surface area contributed by atoms with Gasteiger partial charge in [-0.3, -0.25) is 0 Å². The van der Waals surface area contributed by atoms with E-state index in [1.807, 2.05) is 0 Å². The molecule has 0 bridgehead atoms. The zero-order valence-electron chi connectivity index (χ0n) is 10.6. The molecule has 0 unspecified atom stereocenters. The molecule has 0 amide bonds. The number of Topliss-reactive ketones (excluding diaryl/α,β-unsaturated/α-hetero) is 1. The summed E-state index contributed by atoms with van der Waals surface area (Å²) < 4.78 is 0. The van der Waals surface area contributed by atoms with E-state index in [0.717, 1.165) is 30.6 Å². The van der Waals surface area contributed by atoms with Gasteiger partial charge in [0.15, 0.2) is 0 Å². The number of ketones is 1. The summed E-state index contributed by atoms with van der Waals surface area (Å²) in [6.45, 7) is 6.40. The lowest BCUT2D eigenvalue weighted by molar-refractivity contribution is -0.117. The first-order valence-electron chi connectivity index (χ1n) is 6.59. The van der Waals surface area contributed by atoms with Gasteiger partial charge in [0.2, 0.25) is 0 Å². The summed E-state index contributed by atoms with van der Waals surface area (Å²) in [6.07, 6.45) is 8.84. The van der Waals surface area contributed by atoms with Gasteiger partial charge in [0.05, 0.1) is 0 Å². The molecule has 1 aliphatic carbocycles. The van der Waals surface area contributed by atoms with Crippen molar-refractivity contribution in [3.05, 3.63) is 0 Å². The minimum Gasteiger partial charge on any atom is -0.300 e. The fraction of sp³-hybridized carbons (Fsp3) is 0.929. The normalized spacial score (nSPS) is 26.9. The Balaban J connectivity index is 2.12. The quantitative estimate of drug-likeness (QED) is 0.664. The van der Waals surface area contributed by atoms with Gasteiger partial charge in [-0.15, -0.1) is 0 Å². The van der Waals surface area contributed by atoms with Crippen molar-refractivity contribution in [1.82, 2.24) is 0 Å². The summed E-state index contributed by atoms with van der Waals surface area (Å²) >= 11 is 0. The van der Waals surface area contributed by atoms with Crippen molar-refractivity contribution >= 4 is 5.78 Å². The van der Waals surface area contributed by atoms with E-state index in [1.54, 1.807) is 6.92 Å². The average Bonchev–Trinajstić information content (AvgIpc) is 2.18. The molecule has 1 rings (SSSR count). The predicted molar refractivity (Wildman–Crippen MR) is 64.8 cm³/mol. The van der Waals surface area contributed by atoms with Crippen LogP contribution >= 0.6 is 0 Å². The number of rotatable bonds is 5. The molecule has 15 heavy (non-hydrogen) atoms. The first-order chi connectivity index (χ1) is 7.09. The predicted octanol–water partition coefficient (Wildman–Crippen LogP) is 4.21. The van der Waals surface area contributed by atoms with Gasteiger partial charge in [-0.2, -0.15) is 0 Å². The Morgan fingerprint density at radius 2 is 1.80 bits per heavy atom. The van der Waals surface area contributed by atoms with E-state index >= 15 is 0 Å². The third-order valence-corrected chi connectivity index (χ3v) is 3.98. The van der Waals surface area contributed by atoms with E-state index in [2.05, 4.69) is 13.8 Å². The molecule has 1 nitrogen and oxygen atoms in total. The first kappa shape index (κ1) is 12.7. The van der Waals surface area contributed by atoms with Crippen LogP contribution in [0.15, 0.2) is 0 Å². The van der Waals surface area contributed by atoms with Crippen LogP contribution < -0.4 is 0 Å². The van der Waals surface area contributed by atoms with Crippen LogP contribution in [0.1, 0.15) is 65.7 Å². The second-order valence-corrected chi connectivity index (χ2v) is 5.62. The monoisotopic (exact) mass is 210 g/mol. The van der Waals surface area contributed by atoms with Gasteiger partial charge in [-0.25, -0.2) is 0 Å². The summed E-state index contributed by atoms with van der Waals surface area (Å²) in [5.74, 6) is 3.10. The Morgan fingerprint density at radius 1 is 1.20 bits per heavy atom. The lowest BCUT2D eigenvalue weighted by Gasteiger charge is -2.30. The second-order valence-electron chi connectivity index (χ2n) is 5.62. The highest BCUT2D eigenvalue weighted by Crippen LogP contribution is 2.35. The van der Waals surface area contributed by atoms with Crippen LogP contribution in [0.3, 0.4) is 0 Å². The molecule has 0 N–H and O–H groups in total. The van der Waals surface area contributed by atoms with Gasteiger partial charge in [-0.1, -0.05) is 33.1 Å². The fourth-order valence-corrected chi connectivity index (χ4v) is 2.78. The summed E-state index contributed by atoms with van der Waals surface area (Å²) in [5.41, 5.74) is 0. The van der Waals surface area contributed by atoms with Crippen molar-refractivity contribution in [3.63, 3.8) is 0 Å². The molecule has 0 spiro atoms. The third-order valence-electron chi connectivity index (χ3n) is 3.98. The van der Waals surface area contributed by atoms with Crippen LogP contribution in [0.5, 0.6) is 0 Å². The smallest absolute Gasteiger partial charge is 0.129 e. The molecule has 0 heterocycles. The van der Waals surface area contributed by atoms with E-state index in [1.165, 1.54) is 32.1 Å². The van der Waals surface area contributed by atoms with Gasteiger partial charge in [-0.05, 0) is 43.9 Å². The molecule has 0 radical (unpaired) electrons. The summed E-state index contributed by atoms with van der Waals surface area (Å²) in [5, 5.41) is 0. The minimum absolute atomic E-state index is 0.353. The van der Waals surface area contributed by atoms with Crippen LogP contribution in [0.2, 0.25) is 0 Å². The van der Waals surface area contributed by atoms with Crippen molar-refractivity contribution < 1.29 is 4.79 Å². The maximum atomic E-state index is 10.8. The van der Waals surface area contributed by atoms with E-state index in [-0.39, 0.29) is 0 Å². The van der Waals surface area contributed by atoms with Crippen molar-refractivity contribution in [2.75, 3.05) is 0 Å². The van der Waals surface area contributed by atoms with Gasteiger partial charge >= 0.3 is 0 Å². The fourth-order valence-electron chi connectivity index (χ4n) is 2.78. The molecule has 0 aromatic carbocycles. The topological polar surface area (TPSA) is 17.1 Å². The number of carbonyl (C=O) groups is 1. The molecule has 0 atom stereocenters. The van der Waals surface area contributed by atoms with E-state index in [0.29, 0.717) is 5.78 Å². The van der Waals surface area contributed by atoms with Gasteiger partial charge in [0.1, 0.15) is 5.78 Å². The van der Waals surface area contributed by atoms with Crippen LogP contribution in [0.25, 0.3) is 0 Å². The summed E-state index contributed by atoms with van der Waals surface area (Å²) in [7, 11) is 0. The van der Waals surface area contributed by atoms with Gasteiger partial charge in [0, 0.05) is 6.42 Å². The highest BCUT2D eigenvalue weighted by atomic mass is 16.1. The number of hydrogen-bond donors (Lipinski definition) is 0. The molecular formula is C14H26O. The highest BCUT2D eigenvalue weighted by molar-refractivity contribution is 5.75. The largest absolute Gasteiger partial charge is 0.300 e. The SMILES string of the molecule is CC(=O)CCCC1CCC(C(C)C)CC1.